The van der Waals surface area contributed by atoms with Crippen molar-refractivity contribution >= 4 is 22.7 Å². The number of nitrogens with one attached hydrogen (secondary N) is 1. The van der Waals surface area contributed by atoms with Gasteiger partial charge in [-0.25, -0.2) is 0 Å². The van der Waals surface area contributed by atoms with E-state index in [-0.39, 0.29) is 0 Å². The van der Waals surface area contributed by atoms with Crippen molar-refractivity contribution in [2.75, 3.05) is 6.54 Å². The Morgan fingerprint density at radius 1 is 1.07 bits per heavy atom. The highest BCUT2D eigenvalue weighted by Crippen LogP contribution is 2.32. The van der Waals surface area contributed by atoms with E-state index in [4.69, 9.17) is 0 Å². The van der Waals surface area contributed by atoms with Crippen LogP contribution in [-0.4, -0.2) is 6.54 Å². The largest absolute Gasteiger partial charge is 0.260 e. The first-order valence-electron chi connectivity index (χ1n) is 5.35. The molecule has 0 saturated heterocycles. The van der Waals surface area contributed by atoms with Gasteiger partial charge >= 0.3 is 0 Å². The van der Waals surface area contributed by atoms with E-state index in [0.29, 0.717) is 0 Å². The van der Waals surface area contributed by atoms with Gasteiger partial charge in [-0.15, -0.1) is 0 Å². The van der Waals surface area contributed by atoms with Crippen molar-refractivity contribution in [3.05, 3.63) is 42.0 Å². The number of rotatable bonds is 0. The minimum atomic E-state index is 1.10. The van der Waals surface area contributed by atoms with Crippen LogP contribution in [0.4, 0.5) is 0 Å². The van der Waals surface area contributed by atoms with Crippen LogP contribution in [0.15, 0.2) is 41.3 Å². The van der Waals surface area contributed by atoms with E-state index in [0.717, 1.165) is 6.54 Å². The van der Waals surface area contributed by atoms with Crippen LogP contribution in [0.5, 0.6) is 0 Å². The zero-order chi connectivity index (χ0) is 10.1. The van der Waals surface area contributed by atoms with Gasteiger partial charge in [-0.1, -0.05) is 36.4 Å². The molecule has 2 aromatic rings. The molecule has 0 fully saturated rings. The maximum absolute atomic E-state index is 3.41. The van der Waals surface area contributed by atoms with E-state index in [1.807, 2.05) is 0 Å². The number of aryl methyl sites for hydroxylation is 1. The van der Waals surface area contributed by atoms with Crippen molar-refractivity contribution in [3.63, 3.8) is 0 Å². The molecule has 1 aliphatic heterocycles. The van der Waals surface area contributed by atoms with Gasteiger partial charge in [0.25, 0.3) is 0 Å². The SMILES string of the molecule is c1ccc2c3c(ccc2c1)CCCNS3. The van der Waals surface area contributed by atoms with Gasteiger partial charge in [-0.3, -0.25) is 4.72 Å². The van der Waals surface area contributed by atoms with Gasteiger partial charge in [0.2, 0.25) is 0 Å². The molecular formula is C13H13NS. The Bertz CT molecular complexity index is 493. The second-order valence-corrected chi connectivity index (χ2v) is 4.78. The maximum atomic E-state index is 3.41. The van der Waals surface area contributed by atoms with Gasteiger partial charge in [-0.05, 0) is 41.1 Å². The molecule has 0 saturated carbocycles. The molecule has 76 valence electrons. The number of benzene rings is 2. The summed E-state index contributed by atoms with van der Waals surface area (Å²) in [7, 11) is 0. The van der Waals surface area contributed by atoms with Crippen molar-refractivity contribution in [1.29, 1.82) is 0 Å². The highest BCUT2D eigenvalue weighted by atomic mass is 32.2. The highest BCUT2D eigenvalue weighted by Gasteiger charge is 2.10. The average Bonchev–Trinajstić information content (AvgIpc) is 2.54. The fourth-order valence-corrected chi connectivity index (χ4v) is 3.07. The molecule has 1 heterocycles. The number of fused-ring (bicyclic) bond motifs is 3. The van der Waals surface area contributed by atoms with Crippen molar-refractivity contribution in [2.24, 2.45) is 0 Å². The lowest BCUT2D eigenvalue weighted by Crippen LogP contribution is -2.02. The molecule has 2 heteroatoms. The zero-order valence-corrected chi connectivity index (χ0v) is 9.31. The van der Waals surface area contributed by atoms with Gasteiger partial charge < -0.3 is 0 Å². The summed E-state index contributed by atoms with van der Waals surface area (Å²) in [6, 6.07) is 13.1. The lowest BCUT2D eigenvalue weighted by molar-refractivity contribution is 0.806. The smallest absolute Gasteiger partial charge is 0.0338 e. The van der Waals surface area contributed by atoms with Gasteiger partial charge in [0, 0.05) is 11.4 Å². The molecule has 0 spiro atoms. The summed E-state index contributed by atoms with van der Waals surface area (Å²) < 4.78 is 3.41. The van der Waals surface area contributed by atoms with E-state index in [9.17, 15) is 0 Å². The Morgan fingerprint density at radius 2 is 2.00 bits per heavy atom. The molecule has 0 unspecified atom stereocenters. The van der Waals surface area contributed by atoms with Crippen LogP contribution in [-0.2, 0) is 6.42 Å². The Kier molecular flexibility index (Phi) is 2.39. The molecular weight excluding hydrogens is 202 g/mol. The molecule has 0 radical (unpaired) electrons. The molecule has 0 aliphatic carbocycles. The van der Waals surface area contributed by atoms with Crippen LogP contribution in [0.1, 0.15) is 12.0 Å². The summed E-state index contributed by atoms with van der Waals surface area (Å²) in [6.07, 6.45) is 2.43. The molecule has 0 atom stereocenters. The summed E-state index contributed by atoms with van der Waals surface area (Å²) in [5.74, 6) is 0. The zero-order valence-electron chi connectivity index (χ0n) is 8.49. The van der Waals surface area contributed by atoms with Gasteiger partial charge in [0.1, 0.15) is 0 Å². The third-order valence-electron chi connectivity index (χ3n) is 2.86. The molecule has 0 bridgehead atoms. The first kappa shape index (κ1) is 9.25. The molecule has 1 aliphatic rings. The fraction of sp³-hybridized carbons (Fsp3) is 0.231. The molecule has 0 aromatic heterocycles. The predicted octanol–water partition coefficient (Wildman–Crippen LogP) is 3.38. The van der Waals surface area contributed by atoms with Crippen LogP contribution >= 0.6 is 11.9 Å². The first-order valence-corrected chi connectivity index (χ1v) is 6.17. The van der Waals surface area contributed by atoms with Crippen molar-refractivity contribution in [1.82, 2.24) is 4.72 Å². The Morgan fingerprint density at radius 3 is 3.00 bits per heavy atom. The van der Waals surface area contributed by atoms with Gasteiger partial charge in [0.15, 0.2) is 0 Å². The Balaban J connectivity index is 2.27. The van der Waals surface area contributed by atoms with E-state index < -0.39 is 0 Å². The van der Waals surface area contributed by atoms with Gasteiger partial charge in [-0.2, -0.15) is 0 Å². The topological polar surface area (TPSA) is 12.0 Å². The lowest BCUT2D eigenvalue weighted by Gasteiger charge is -2.08. The normalized spacial score (nSPS) is 16.0. The summed E-state index contributed by atoms with van der Waals surface area (Å²) in [6.45, 7) is 1.10. The van der Waals surface area contributed by atoms with Crippen LogP contribution in [0.25, 0.3) is 10.8 Å². The number of hydrogen-bond donors (Lipinski definition) is 1. The molecule has 0 amide bonds. The summed E-state index contributed by atoms with van der Waals surface area (Å²) in [5, 5.41) is 2.72. The Hall–Kier alpha value is -0.990. The van der Waals surface area contributed by atoms with E-state index >= 15 is 0 Å². The fourth-order valence-electron chi connectivity index (χ4n) is 2.08. The molecule has 15 heavy (non-hydrogen) atoms. The van der Waals surface area contributed by atoms with Crippen LogP contribution < -0.4 is 4.72 Å². The highest BCUT2D eigenvalue weighted by molar-refractivity contribution is 7.97. The summed E-state index contributed by atoms with van der Waals surface area (Å²) in [5.41, 5.74) is 1.49. The minimum Gasteiger partial charge on any atom is -0.260 e. The van der Waals surface area contributed by atoms with Crippen molar-refractivity contribution < 1.29 is 0 Å². The minimum absolute atomic E-state index is 1.10. The van der Waals surface area contributed by atoms with Crippen LogP contribution in [0, 0.1) is 0 Å². The standard InChI is InChI=1S/C13H13NS/c1-2-6-12-10(4-1)7-8-11-5-3-9-14-15-13(11)12/h1-2,4,6-8,14H,3,5,9H2. The van der Waals surface area contributed by atoms with Gasteiger partial charge in [0.05, 0.1) is 0 Å². The first-order chi connectivity index (χ1) is 7.45. The van der Waals surface area contributed by atoms with E-state index in [1.165, 1.54) is 34.1 Å². The second kappa shape index (κ2) is 3.87. The van der Waals surface area contributed by atoms with Crippen molar-refractivity contribution in [2.45, 2.75) is 17.7 Å². The van der Waals surface area contributed by atoms with E-state index in [2.05, 4.69) is 41.1 Å². The molecule has 3 rings (SSSR count). The average molecular weight is 215 g/mol. The molecule has 1 nitrogen and oxygen atoms in total. The molecule has 1 N–H and O–H groups in total. The second-order valence-electron chi connectivity index (χ2n) is 3.87. The van der Waals surface area contributed by atoms with Crippen LogP contribution in [0.3, 0.4) is 0 Å². The third-order valence-corrected chi connectivity index (χ3v) is 3.90. The maximum Gasteiger partial charge on any atom is 0.0338 e. The predicted molar refractivity (Wildman–Crippen MR) is 66.1 cm³/mol. The van der Waals surface area contributed by atoms with E-state index in [1.54, 1.807) is 11.9 Å². The number of hydrogen-bond acceptors (Lipinski definition) is 2. The lowest BCUT2D eigenvalue weighted by atomic mass is 10.0. The molecule has 2 aromatic carbocycles. The monoisotopic (exact) mass is 215 g/mol. The van der Waals surface area contributed by atoms with Crippen LogP contribution in [0.2, 0.25) is 0 Å². The quantitative estimate of drug-likeness (QED) is 0.676. The summed E-state index contributed by atoms with van der Waals surface area (Å²) in [4.78, 5) is 1.42. The van der Waals surface area contributed by atoms with Crippen molar-refractivity contribution in [3.8, 4) is 0 Å². The summed E-state index contributed by atoms with van der Waals surface area (Å²) >= 11 is 1.79. The Labute approximate surface area is 94.0 Å². The third kappa shape index (κ3) is 1.64.